The molecule has 0 saturated carbocycles. The summed E-state index contributed by atoms with van der Waals surface area (Å²) in [7, 11) is -4.13. The summed E-state index contributed by atoms with van der Waals surface area (Å²) in [6, 6.07) is 17.8. The topological polar surface area (TPSA) is 124 Å². The number of carbonyl (C=O) groups excluding carboxylic acids is 2. The van der Waals surface area contributed by atoms with E-state index in [1.807, 2.05) is 0 Å². The van der Waals surface area contributed by atoms with Crippen molar-refractivity contribution in [2.24, 2.45) is 0 Å². The standard InChI is InChI=1S/C23H15BrN2O7S2/c24-17-8-11-20(33-35(31,32)19-4-2-1-3-5-19)16(12-17)13-21-22(27)25(23(28)34-21)14-15-6-9-18(10-7-15)26(29)30/h1-13H,14H2/b21-13-. The van der Waals surface area contributed by atoms with Gasteiger partial charge < -0.3 is 4.18 Å². The van der Waals surface area contributed by atoms with Crippen molar-refractivity contribution in [2.45, 2.75) is 11.4 Å². The van der Waals surface area contributed by atoms with Crippen LogP contribution in [0.1, 0.15) is 11.1 Å². The van der Waals surface area contributed by atoms with Crippen LogP contribution < -0.4 is 4.18 Å². The first-order chi connectivity index (χ1) is 16.6. The molecule has 3 aromatic rings. The lowest BCUT2D eigenvalue weighted by atomic mass is 10.1. The maximum absolute atomic E-state index is 12.9. The Bertz CT molecular complexity index is 1460. The fraction of sp³-hybridized carbons (Fsp3) is 0.0435. The second-order valence-corrected chi connectivity index (χ2v) is 10.7. The molecule has 12 heteroatoms. The number of nitrogens with zero attached hydrogens (tertiary/aromatic N) is 2. The van der Waals surface area contributed by atoms with Crippen molar-refractivity contribution < 1.29 is 27.1 Å². The minimum atomic E-state index is -4.13. The van der Waals surface area contributed by atoms with Crippen LogP contribution in [0.25, 0.3) is 6.08 Å². The minimum Gasteiger partial charge on any atom is -0.378 e. The van der Waals surface area contributed by atoms with Crippen molar-refractivity contribution in [2.75, 3.05) is 0 Å². The summed E-state index contributed by atoms with van der Waals surface area (Å²) in [6.07, 6.45) is 1.39. The molecule has 1 saturated heterocycles. The molecule has 1 fully saturated rings. The largest absolute Gasteiger partial charge is 0.378 e. The highest BCUT2D eigenvalue weighted by Crippen LogP contribution is 2.36. The summed E-state index contributed by atoms with van der Waals surface area (Å²) in [5.74, 6) is -0.589. The van der Waals surface area contributed by atoms with Gasteiger partial charge >= 0.3 is 10.1 Å². The summed E-state index contributed by atoms with van der Waals surface area (Å²) >= 11 is 4.02. The predicted molar refractivity (Wildman–Crippen MR) is 133 cm³/mol. The van der Waals surface area contributed by atoms with Crippen LogP contribution in [0, 0.1) is 10.1 Å². The zero-order valence-electron chi connectivity index (χ0n) is 17.7. The normalized spacial score (nSPS) is 15.0. The van der Waals surface area contributed by atoms with E-state index in [0.717, 1.165) is 4.90 Å². The van der Waals surface area contributed by atoms with E-state index in [-0.39, 0.29) is 33.3 Å². The second-order valence-electron chi connectivity index (χ2n) is 7.22. The third-order valence-corrected chi connectivity index (χ3v) is 7.50. The summed E-state index contributed by atoms with van der Waals surface area (Å²) in [4.78, 5) is 36.8. The summed E-state index contributed by atoms with van der Waals surface area (Å²) in [6.45, 7) is -0.0652. The Hall–Kier alpha value is -3.48. The lowest BCUT2D eigenvalue weighted by molar-refractivity contribution is -0.384. The van der Waals surface area contributed by atoms with Crippen LogP contribution in [0.3, 0.4) is 0 Å². The number of nitro groups is 1. The van der Waals surface area contributed by atoms with Gasteiger partial charge in [-0.25, -0.2) is 0 Å². The number of non-ortho nitro benzene ring substituents is 1. The highest BCUT2D eigenvalue weighted by atomic mass is 79.9. The molecule has 4 rings (SSSR count). The maximum atomic E-state index is 12.9. The number of thioether (sulfide) groups is 1. The van der Waals surface area contributed by atoms with Crippen molar-refractivity contribution in [3.05, 3.63) is 103 Å². The minimum absolute atomic E-state index is 0.0146. The first-order valence-corrected chi connectivity index (χ1v) is 12.9. The molecule has 178 valence electrons. The molecule has 0 atom stereocenters. The van der Waals surface area contributed by atoms with Gasteiger partial charge in [0, 0.05) is 22.2 Å². The summed E-state index contributed by atoms with van der Waals surface area (Å²) < 4.78 is 31.3. The van der Waals surface area contributed by atoms with E-state index in [1.54, 1.807) is 30.3 Å². The van der Waals surface area contributed by atoms with Crippen molar-refractivity contribution in [1.82, 2.24) is 4.90 Å². The van der Waals surface area contributed by atoms with Crippen molar-refractivity contribution in [3.63, 3.8) is 0 Å². The smallest absolute Gasteiger partial charge is 0.339 e. The Balaban J connectivity index is 1.60. The van der Waals surface area contributed by atoms with Crippen LogP contribution in [-0.2, 0) is 21.5 Å². The van der Waals surface area contributed by atoms with Crippen LogP contribution >= 0.6 is 27.7 Å². The molecule has 35 heavy (non-hydrogen) atoms. The first kappa shape index (κ1) is 24.6. The molecule has 9 nitrogen and oxygen atoms in total. The van der Waals surface area contributed by atoms with Crippen LogP contribution in [0.4, 0.5) is 10.5 Å². The van der Waals surface area contributed by atoms with E-state index in [9.17, 15) is 28.1 Å². The molecule has 3 aromatic carbocycles. The van der Waals surface area contributed by atoms with Crippen molar-refractivity contribution in [1.29, 1.82) is 0 Å². The number of imide groups is 1. The molecule has 0 radical (unpaired) electrons. The third-order valence-electron chi connectivity index (χ3n) is 4.85. The highest BCUT2D eigenvalue weighted by molar-refractivity contribution is 9.10. The van der Waals surface area contributed by atoms with E-state index in [1.165, 1.54) is 48.5 Å². The molecule has 0 unspecified atom stereocenters. The Morgan fingerprint density at radius 3 is 2.37 bits per heavy atom. The Morgan fingerprint density at radius 1 is 1.03 bits per heavy atom. The van der Waals surface area contributed by atoms with Crippen LogP contribution in [0.2, 0.25) is 0 Å². The van der Waals surface area contributed by atoms with Crippen LogP contribution in [0.5, 0.6) is 5.75 Å². The molecule has 0 aliphatic carbocycles. The van der Waals surface area contributed by atoms with Gasteiger partial charge in [-0.15, -0.1) is 0 Å². The molecule has 2 amide bonds. The SMILES string of the molecule is O=C1S/C(=C\c2cc(Br)ccc2OS(=O)(=O)c2ccccc2)C(=O)N1Cc1ccc([N+](=O)[O-])cc1. The average molecular weight is 575 g/mol. The van der Waals surface area contributed by atoms with E-state index >= 15 is 0 Å². The molecule has 1 aliphatic heterocycles. The highest BCUT2D eigenvalue weighted by Gasteiger charge is 2.35. The van der Waals surface area contributed by atoms with E-state index in [4.69, 9.17) is 4.18 Å². The fourth-order valence-corrected chi connectivity index (χ4v) is 5.33. The molecular weight excluding hydrogens is 560 g/mol. The fourth-order valence-electron chi connectivity index (χ4n) is 3.14. The van der Waals surface area contributed by atoms with Gasteiger partial charge in [0.15, 0.2) is 0 Å². The van der Waals surface area contributed by atoms with E-state index in [0.29, 0.717) is 21.8 Å². The quantitative estimate of drug-likeness (QED) is 0.160. The molecule has 1 heterocycles. The van der Waals surface area contributed by atoms with Gasteiger partial charge in [-0.1, -0.05) is 46.3 Å². The van der Waals surface area contributed by atoms with Gasteiger partial charge in [-0.05, 0) is 53.7 Å². The molecule has 0 aromatic heterocycles. The van der Waals surface area contributed by atoms with Gasteiger partial charge in [-0.2, -0.15) is 8.42 Å². The van der Waals surface area contributed by atoms with Crippen LogP contribution in [0.15, 0.2) is 87.1 Å². The predicted octanol–water partition coefficient (Wildman–Crippen LogP) is 5.36. The van der Waals surface area contributed by atoms with Crippen LogP contribution in [-0.4, -0.2) is 29.4 Å². The van der Waals surface area contributed by atoms with Gasteiger partial charge in [0.1, 0.15) is 10.6 Å². The number of benzene rings is 3. The molecule has 1 aliphatic rings. The monoisotopic (exact) mass is 574 g/mol. The van der Waals surface area contributed by atoms with Crippen molar-refractivity contribution in [3.8, 4) is 5.75 Å². The number of hydrogen-bond donors (Lipinski definition) is 0. The summed E-state index contributed by atoms with van der Waals surface area (Å²) in [5, 5.41) is 10.3. The first-order valence-electron chi connectivity index (χ1n) is 9.92. The molecule has 0 bridgehead atoms. The molecule has 0 N–H and O–H groups in total. The Labute approximate surface area is 212 Å². The number of hydrogen-bond acceptors (Lipinski definition) is 8. The summed E-state index contributed by atoms with van der Waals surface area (Å²) in [5.41, 5.74) is 0.717. The molecular formula is C23H15BrN2O7S2. The van der Waals surface area contributed by atoms with Gasteiger partial charge in [0.05, 0.1) is 16.4 Å². The number of amides is 2. The van der Waals surface area contributed by atoms with Gasteiger partial charge in [0.2, 0.25) is 0 Å². The maximum Gasteiger partial charge on any atom is 0.339 e. The zero-order chi connectivity index (χ0) is 25.2. The van der Waals surface area contributed by atoms with Gasteiger partial charge in [-0.3, -0.25) is 24.6 Å². The second kappa shape index (κ2) is 10.0. The van der Waals surface area contributed by atoms with Crippen molar-refractivity contribution >= 4 is 60.7 Å². The van der Waals surface area contributed by atoms with E-state index < -0.39 is 26.2 Å². The average Bonchev–Trinajstić information content (AvgIpc) is 3.09. The van der Waals surface area contributed by atoms with E-state index in [2.05, 4.69) is 15.9 Å². The lowest BCUT2D eigenvalue weighted by Gasteiger charge is -2.12. The van der Waals surface area contributed by atoms with Gasteiger partial charge in [0.25, 0.3) is 16.8 Å². The Morgan fingerprint density at radius 2 is 1.71 bits per heavy atom. The number of halogens is 1. The Kier molecular flexibility index (Phi) is 7.05. The lowest BCUT2D eigenvalue weighted by Crippen LogP contribution is -2.27. The third kappa shape index (κ3) is 5.61. The molecule has 0 spiro atoms. The number of rotatable bonds is 7. The number of carbonyl (C=O) groups is 2. The number of nitro benzene ring substituents is 1. The zero-order valence-corrected chi connectivity index (χ0v) is 20.9.